The number of non-ortho nitro benzene ring substituents is 1. The van der Waals surface area contributed by atoms with Gasteiger partial charge in [-0.3, -0.25) is 25.7 Å². The summed E-state index contributed by atoms with van der Waals surface area (Å²) in [5, 5.41) is 26.8. The van der Waals surface area contributed by atoms with Gasteiger partial charge in [0, 0.05) is 11.6 Å². The van der Waals surface area contributed by atoms with Gasteiger partial charge in [-0.25, -0.2) is 0 Å². The molecule has 150 valence electrons. The molecule has 1 aliphatic rings. The summed E-state index contributed by atoms with van der Waals surface area (Å²) in [4.78, 5) is 21.0. The molecule has 0 saturated heterocycles. The second-order valence-corrected chi connectivity index (χ2v) is 6.59. The highest BCUT2D eigenvalue weighted by Crippen LogP contribution is 2.34. The van der Waals surface area contributed by atoms with Crippen molar-refractivity contribution in [1.29, 1.82) is 0 Å². The van der Waals surface area contributed by atoms with Crippen LogP contribution >= 0.6 is 0 Å². The van der Waals surface area contributed by atoms with E-state index < -0.39 is 15.5 Å². The van der Waals surface area contributed by atoms with Gasteiger partial charge in [-0.05, 0) is 23.8 Å². The molecule has 3 aromatic carbocycles. The smallest absolute Gasteiger partial charge is 0.301 e. The monoisotopic (exact) mass is 404 g/mol. The van der Waals surface area contributed by atoms with Crippen LogP contribution < -0.4 is 10.2 Å². The van der Waals surface area contributed by atoms with Gasteiger partial charge in [0.05, 0.1) is 27.5 Å². The fourth-order valence-corrected chi connectivity index (χ4v) is 3.32. The molecule has 1 atom stereocenters. The van der Waals surface area contributed by atoms with E-state index in [0.29, 0.717) is 18.1 Å². The van der Waals surface area contributed by atoms with Gasteiger partial charge >= 0.3 is 5.69 Å². The lowest BCUT2D eigenvalue weighted by atomic mass is 9.88. The Balaban J connectivity index is 1.76. The first kappa shape index (κ1) is 19.1. The third kappa shape index (κ3) is 3.68. The first-order valence-electron chi connectivity index (χ1n) is 9.08. The predicted octanol–water partition coefficient (Wildman–Crippen LogP) is 4.50. The van der Waals surface area contributed by atoms with Crippen LogP contribution in [-0.2, 0) is 0 Å². The molecule has 1 unspecified atom stereocenters. The normalized spacial score (nSPS) is 16.4. The minimum absolute atomic E-state index is 0.0638. The number of rotatable bonds is 5. The van der Waals surface area contributed by atoms with Crippen LogP contribution in [-0.4, -0.2) is 22.2 Å². The minimum atomic E-state index is -0.678. The Morgan fingerprint density at radius 1 is 0.933 bits per heavy atom. The van der Waals surface area contributed by atoms with Crippen molar-refractivity contribution in [3.8, 4) is 5.75 Å². The first-order valence-corrected chi connectivity index (χ1v) is 9.08. The number of nitrogens with one attached hydrogen (secondary N) is 1. The van der Waals surface area contributed by atoms with E-state index in [2.05, 4.69) is 10.5 Å². The maximum atomic E-state index is 11.4. The highest BCUT2D eigenvalue weighted by atomic mass is 16.6. The van der Waals surface area contributed by atoms with Gasteiger partial charge in [0.25, 0.3) is 5.69 Å². The van der Waals surface area contributed by atoms with Crippen LogP contribution in [0.15, 0.2) is 77.9 Å². The number of hydrogen-bond donors (Lipinski definition) is 1. The molecule has 1 aliphatic heterocycles. The second-order valence-electron chi connectivity index (χ2n) is 6.59. The van der Waals surface area contributed by atoms with Crippen molar-refractivity contribution < 1.29 is 14.6 Å². The number of hydrogen-bond acceptors (Lipinski definition) is 7. The Hall–Kier alpha value is -4.27. The third-order valence-corrected chi connectivity index (χ3v) is 4.79. The average molecular weight is 404 g/mol. The first-order chi connectivity index (χ1) is 14.5. The van der Waals surface area contributed by atoms with Gasteiger partial charge in [0.1, 0.15) is 18.0 Å². The third-order valence-electron chi connectivity index (χ3n) is 4.79. The average Bonchev–Trinajstić information content (AvgIpc) is 2.77. The van der Waals surface area contributed by atoms with E-state index in [1.807, 2.05) is 54.6 Å². The van der Waals surface area contributed by atoms with Crippen molar-refractivity contribution in [3.63, 3.8) is 0 Å². The summed E-state index contributed by atoms with van der Waals surface area (Å²) >= 11 is 0. The molecule has 30 heavy (non-hydrogen) atoms. The van der Waals surface area contributed by atoms with Crippen LogP contribution in [0.25, 0.3) is 0 Å². The molecule has 0 saturated carbocycles. The fraction of sp³-hybridized carbons (Fsp3) is 0.0952. The number of fused-ring (bicyclic) bond motifs is 1. The number of ether oxygens (including phenoxy) is 1. The molecule has 0 spiro atoms. The van der Waals surface area contributed by atoms with Crippen LogP contribution in [0.3, 0.4) is 0 Å². The van der Waals surface area contributed by atoms with E-state index in [1.165, 1.54) is 12.1 Å². The highest BCUT2D eigenvalue weighted by molar-refractivity contribution is 6.08. The summed E-state index contributed by atoms with van der Waals surface area (Å²) in [5.74, 6) is 0.481. The van der Waals surface area contributed by atoms with E-state index >= 15 is 0 Å². The van der Waals surface area contributed by atoms with Crippen molar-refractivity contribution >= 4 is 22.8 Å². The van der Waals surface area contributed by atoms with Crippen LogP contribution in [0.4, 0.5) is 17.1 Å². The topological polar surface area (TPSA) is 120 Å². The molecule has 3 aromatic rings. The SMILES string of the molecule is O=[N+]([O-])c1ccc(NN=C2c3ccccc3OCC2c2ccccc2)c([N+](=O)[O-])c1. The zero-order valence-electron chi connectivity index (χ0n) is 15.6. The number of anilines is 1. The lowest BCUT2D eigenvalue weighted by Crippen LogP contribution is -2.27. The van der Waals surface area contributed by atoms with Crippen molar-refractivity contribution in [2.45, 2.75) is 5.92 Å². The second kappa shape index (κ2) is 8.00. The summed E-state index contributed by atoms with van der Waals surface area (Å²) in [6.45, 7) is 0.365. The van der Waals surface area contributed by atoms with Crippen LogP contribution in [0.5, 0.6) is 5.75 Å². The minimum Gasteiger partial charge on any atom is -0.492 e. The number of nitro groups is 2. The van der Waals surface area contributed by atoms with Crippen LogP contribution in [0, 0.1) is 20.2 Å². The van der Waals surface area contributed by atoms with Gasteiger partial charge in [-0.2, -0.15) is 5.10 Å². The zero-order chi connectivity index (χ0) is 21.1. The van der Waals surface area contributed by atoms with Crippen molar-refractivity contribution in [2.24, 2.45) is 5.10 Å². The Labute approximate surface area is 170 Å². The molecule has 1 N–H and O–H groups in total. The van der Waals surface area contributed by atoms with Crippen LogP contribution in [0.1, 0.15) is 17.0 Å². The zero-order valence-corrected chi connectivity index (χ0v) is 15.6. The molecule has 0 radical (unpaired) electrons. The van der Waals surface area contributed by atoms with Crippen LogP contribution in [0.2, 0.25) is 0 Å². The Kier molecular flexibility index (Phi) is 5.08. The molecule has 0 bridgehead atoms. The molecule has 1 heterocycles. The Morgan fingerprint density at radius 3 is 2.40 bits per heavy atom. The lowest BCUT2D eigenvalue weighted by molar-refractivity contribution is -0.393. The number of para-hydroxylation sites is 1. The molecule has 0 amide bonds. The molecule has 0 fully saturated rings. The largest absolute Gasteiger partial charge is 0.492 e. The maximum Gasteiger partial charge on any atom is 0.301 e. The fourth-order valence-electron chi connectivity index (χ4n) is 3.32. The molecular weight excluding hydrogens is 388 g/mol. The quantitative estimate of drug-likeness (QED) is 0.494. The molecule has 0 aromatic heterocycles. The lowest BCUT2D eigenvalue weighted by Gasteiger charge is -2.27. The predicted molar refractivity (Wildman–Crippen MR) is 111 cm³/mol. The van der Waals surface area contributed by atoms with Gasteiger partial charge in [-0.15, -0.1) is 0 Å². The summed E-state index contributed by atoms with van der Waals surface area (Å²) in [7, 11) is 0. The van der Waals surface area contributed by atoms with E-state index in [1.54, 1.807) is 0 Å². The van der Waals surface area contributed by atoms with E-state index in [9.17, 15) is 20.2 Å². The molecule has 0 aliphatic carbocycles. The number of benzene rings is 3. The summed E-state index contributed by atoms with van der Waals surface area (Å²) in [6, 6.07) is 20.5. The molecule has 4 rings (SSSR count). The molecule has 9 nitrogen and oxygen atoms in total. The highest BCUT2D eigenvalue weighted by Gasteiger charge is 2.29. The van der Waals surface area contributed by atoms with E-state index in [-0.39, 0.29) is 17.3 Å². The van der Waals surface area contributed by atoms with Gasteiger partial charge in [-0.1, -0.05) is 42.5 Å². The van der Waals surface area contributed by atoms with E-state index in [4.69, 9.17) is 4.74 Å². The number of hydrazone groups is 1. The van der Waals surface area contributed by atoms with Gasteiger partial charge < -0.3 is 4.74 Å². The molecule has 9 heteroatoms. The summed E-state index contributed by atoms with van der Waals surface area (Å²) in [6.07, 6.45) is 0. The number of nitrogens with zero attached hydrogens (tertiary/aromatic N) is 3. The Bertz CT molecular complexity index is 1150. The number of nitro benzene ring substituents is 2. The van der Waals surface area contributed by atoms with Crippen molar-refractivity contribution in [1.82, 2.24) is 0 Å². The van der Waals surface area contributed by atoms with Gasteiger partial charge in [0.2, 0.25) is 0 Å². The Morgan fingerprint density at radius 2 is 1.67 bits per heavy atom. The molecular formula is C21H16N4O5. The van der Waals surface area contributed by atoms with Crippen molar-refractivity contribution in [3.05, 3.63) is 104 Å². The van der Waals surface area contributed by atoms with E-state index in [0.717, 1.165) is 17.2 Å². The van der Waals surface area contributed by atoms with Gasteiger partial charge in [0.15, 0.2) is 0 Å². The summed E-state index contributed by atoms with van der Waals surface area (Å²) in [5.41, 5.74) is 4.44. The standard InChI is InChI=1S/C21H16N4O5/c26-24(27)15-10-11-18(19(12-15)25(28)29)22-23-21-16-8-4-5-9-20(16)30-13-17(21)14-6-2-1-3-7-14/h1-12,17,22H,13H2. The summed E-state index contributed by atoms with van der Waals surface area (Å²) < 4.78 is 5.89. The maximum absolute atomic E-state index is 11.4. The van der Waals surface area contributed by atoms with Crippen molar-refractivity contribution in [2.75, 3.05) is 12.0 Å².